The molecule has 12 heavy (non-hydrogen) atoms. The van der Waals surface area contributed by atoms with E-state index < -0.39 is 0 Å². The zero-order valence-electron chi connectivity index (χ0n) is 7.04. The van der Waals surface area contributed by atoms with Crippen LogP contribution in [0.3, 0.4) is 0 Å². The van der Waals surface area contributed by atoms with Crippen LogP contribution in [0, 0.1) is 6.92 Å². The summed E-state index contributed by atoms with van der Waals surface area (Å²) in [5.74, 6) is 1.74. The number of nitrogens with two attached hydrogens (primary N) is 1. The van der Waals surface area contributed by atoms with Gasteiger partial charge in [-0.1, -0.05) is 5.16 Å². The normalized spacial score (nSPS) is 23.2. The Kier molecular flexibility index (Phi) is 2.00. The van der Waals surface area contributed by atoms with Crippen LogP contribution in [-0.4, -0.2) is 10.9 Å². The molecule has 0 aromatic carbocycles. The summed E-state index contributed by atoms with van der Waals surface area (Å²) in [5, 5.41) is 4.37. The molecule has 1 atom stereocenters. The highest BCUT2D eigenvalue weighted by atomic mass is 32.2. The Morgan fingerprint density at radius 2 is 2.50 bits per heavy atom. The van der Waals surface area contributed by atoms with Crippen LogP contribution in [0.4, 0.5) is 5.88 Å². The van der Waals surface area contributed by atoms with Crippen LogP contribution in [-0.2, 0) is 0 Å². The maximum atomic E-state index is 5.68. The average molecular weight is 184 g/mol. The second kappa shape index (κ2) is 3.01. The number of hydrogen-bond acceptors (Lipinski definition) is 4. The monoisotopic (exact) mass is 184 g/mol. The first-order valence-electron chi connectivity index (χ1n) is 4.12. The van der Waals surface area contributed by atoms with Crippen LogP contribution in [0.2, 0.25) is 0 Å². The molecule has 0 saturated carbocycles. The maximum Gasteiger partial charge on any atom is 0.226 e. The minimum Gasteiger partial charge on any atom is -0.367 e. The molecule has 0 amide bonds. The van der Waals surface area contributed by atoms with Gasteiger partial charge in [-0.25, -0.2) is 0 Å². The van der Waals surface area contributed by atoms with Gasteiger partial charge in [-0.05, 0) is 25.5 Å². The molecule has 4 heteroatoms. The van der Waals surface area contributed by atoms with Gasteiger partial charge in [-0.3, -0.25) is 0 Å². The van der Waals surface area contributed by atoms with Crippen LogP contribution in [0.5, 0.6) is 0 Å². The van der Waals surface area contributed by atoms with Crippen LogP contribution < -0.4 is 5.73 Å². The Labute approximate surface area is 75.7 Å². The summed E-state index contributed by atoms with van der Waals surface area (Å²) in [6.07, 6.45) is 2.48. The predicted molar refractivity (Wildman–Crippen MR) is 50.1 cm³/mol. The SMILES string of the molecule is Cc1noc(N)c1C1CCCS1. The molecular formula is C8H12N2OS. The number of thioether (sulfide) groups is 1. The molecule has 2 rings (SSSR count). The Balaban J connectivity index is 2.30. The lowest BCUT2D eigenvalue weighted by molar-refractivity contribution is 0.431. The molecule has 2 N–H and O–H groups in total. The predicted octanol–water partition coefficient (Wildman–Crippen LogP) is 2.13. The summed E-state index contributed by atoms with van der Waals surface area (Å²) in [6.45, 7) is 1.95. The molecule has 2 heterocycles. The van der Waals surface area contributed by atoms with Gasteiger partial charge in [-0.2, -0.15) is 11.8 Å². The van der Waals surface area contributed by atoms with Crippen LogP contribution >= 0.6 is 11.8 Å². The molecule has 1 aromatic rings. The number of anilines is 1. The lowest BCUT2D eigenvalue weighted by Crippen LogP contribution is -1.94. The van der Waals surface area contributed by atoms with E-state index in [1.165, 1.54) is 18.6 Å². The molecule has 1 aliphatic heterocycles. The first-order valence-corrected chi connectivity index (χ1v) is 5.17. The molecule has 66 valence electrons. The van der Waals surface area contributed by atoms with E-state index in [4.69, 9.17) is 10.3 Å². The molecule has 1 unspecified atom stereocenters. The number of nitrogen functional groups attached to an aromatic ring is 1. The topological polar surface area (TPSA) is 52.0 Å². The Hall–Kier alpha value is -0.640. The van der Waals surface area contributed by atoms with Crippen molar-refractivity contribution in [3.05, 3.63) is 11.3 Å². The van der Waals surface area contributed by atoms with E-state index in [-0.39, 0.29) is 0 Å². The largest absolute Gasteiger partial charge is 0.367 e. The van der Waals surface area contributed by atoms with Gasteiger partial charge in [-0.15, -0.1) is 0 Å². The number of rotatable bonds is 1. The second-order valence-electron chi connectivity index (χ2n) is 3.05. The molecule has 0 bridgehead atoms. The summed E-state index contributed by atoms with van der Waals surface area (Å²) in [5.41, 5.74) is 7.75. The molecule has 0 spiro atoms. The summed E-state index contributed by atoms with van der Waals surface area (Å²) < 4.78 is 4.92. The van der Waals surface area contributed by atoms with Crippen LogP contribution in [0.25, 0.3) is 0 Å². The molecule has 1 aliphatic rings. The lowest BCUT2D eigenvalue weighted by atomic mass is 10.1. The van der Waals surface area contributed by atoms with E-state index >= 15 is 0 Å². The van der Waals surface area contributed by atoms with Gasteiger partial charge in [0.25, 0.3) is 0 Å². The minimum absolute atomic E-state index is 0.506. The highest BCUT2D eigenvalue weighted by Gasteiger charge is 2.24. The summed E-state index contributed by atoms with van der Waals surface area (Å²) in [6, 6.07) is 0. The minimum atomic E-state index is 0.506. The average Bonchev–Trinajstić information content (AvgIpc) is 2.61. The highest BCUT2D eigenvalue weighted by molar-refractivity contribution is 7.99. The Morgan fingerprint density at radius 1 is 1.67 bits per heavy atom. The van der Waals surface area contributed by atoms with Gasteiger partial charge < -0.3 is 10.3 Å². The van der Waals surface area contributed by atoms with Crippen molar-refractivity contribution in [2.75, 3.05) is 11.5 Å². The molecule has 0 aliphatic carbocycles. The Morgan fingerprint density at radius 3 is 3.00 bits per heavy atom. The quantitative estimate of drug-likeness (QED) is 0.726. The van der Waals surface area contributed by atoms with Gasteiger partial charge in [0.05, 0.1) is 11.3 Å². The molecule has 1 fully saturated rings. The molecule has 1 aromatic heterocycles. The van der Waals surface area contributed by atoms with Crippen LogP contribution in [0.1, 0.15) is 29.3 Å². The third-order valence-electron chi connectivity index (χ3n) is 2.19. The van der Waals surface area contributed by atoms with Crippen LogP contribution in [0.15, 0.2) is 4.52 Å². The van der Waals surface area contributed by atoms with Gasteiger partial charge in [0, 0.05) is 5.25 Å². The fourth-order valence-corrected chi connectivity index (χ4v) is 3.00. The third kappa shape index (κ3) is 1.20. The first kappa shape index (κ1) is 7.98. The van der Waals surface area contributed by atoms with Crippen molar-refractivity contribution in [1.29, 1.82) is 0 Å². The summed E-state index contributed by atoms with van der Waals surface area (Å²) in [7, 11) is 0. The van der Waals surface area contributed by atoms with Crippen molar-refractivity contribution in [2.24, 2.45) is 0 Å². The smallest absolute Gasteiger partial charge is 0.226 e. The van der Waals surface area contributed by atoms with Crippen molar-refractivity contribution in [3.63, 3.8) is 0 Å². The summed E-state index contributed by atoms with van der Waals surface area (Å²) >= 11 is 1.95. The van der Waals surface area contributed by atoms with E-state index in [1.807, 2.05) is 18.7 Å². The van der Waals surface area contributed by atoms with Gasteiger partial charge >= 0.3 is 0 Å². The molecule has 1 saturated heterocycles. The van der Waals surface area contributed by atoms with Crippen molar-refractivity contribution < 1.29 is 4.52 Å². The third-order valence-corrected chi connectivity index (χ3v) is 3.59. The number of hydrogen-bond donors (Lipinski definition) is 1. The first-order chi connectivity index (χ1) is 5.79. The number of aromatic nitrogens is 1. The van der Waals surface area contributed by atoms with E-state index in [1.54, 1.807) is 0 Å². The molecular weight excluding hydrogens is 172 g/mol. The van der Waals surface area contributed by atoms with Gasteiger partial charge in [0.1, 0.15) is 0 Å². The molecule has 3 nitrogen and oxygen atoms in total. The number of aryl methyl sites for hydroxylation is 1. The molecule has 0 radical (unpaired) electrons. The maximum absolute atomic E-state index is 5.68. The van der Waals surface area contributed by atoms with Crippen molar-refractivity contribution >= 4 is 17.6 Å². The standard InChI is InChI=1S/C8H12N2OS/c1-5-7(8(9)11-10-5)6-3-2-4-12-6/h6H,2-4,9H2,1H3. The van der Waals surface area contributed by atoms with Crippen molar-refractivity contribution in [1.82, 2.24) is 5.16 Å². The second-order valence-corrected chi connectivity index (χ2v) is 4.36. The Bertz CT molecular complexity index is 259. The van der Waals surface area contributed by atoms with Crippen molar-refractivity contribution in [2.45, 2.75) is 25.0 Å². The van der Waals surface area contributed by atoms with Gasteiger partial charge in [0.15, 0.2) is 0 Å². The van der Waals surface area contributed by atoms with E-state index in [9.17, 15) is 0 Å². The van der Waals surface area contributed by atoms with E-state index in [0.717, 1.165) is 11.3 Å². The highest BCUT2D eigenvalue weighted by Crippen LogP contribution is 2.43. The zero-order chi connectivity index (χ0) is 8.55. The van der Waals surface area contributed by atoms with Crippen molar-refractivity contribution in [3.8, 4) is 0 Å². The fraction of sp³-hybridized carbons (Fsp3) is 0.625. The zero-order valence-corrected chi connectivity index (χ0v) is 7.86. The lowest BCUT2D eigenvalue weighted by Gasteiger charge is -2.05. The summed E-state index contributed by atoms with van der Waals surface area (Å²) in [4.78, 5) is 0. The number of nitrogens with zero attached hydrogens (tertiary/aromatic N) is 1. The van der Waals surface area contributed by atoms with Gasteiger partial charge in [0.2, 0.25) is 5.88 Å². The fourth-order valence-electron chi connectivity index (χ4n) is 1.59. The van der Waals surface area contributed by atoms with E-state index in [0.29, 0.717) is 11.1 Å². The van der Waals surface area contributed by atoms with E-state index in [2.05, 4.69) is 5.16 Å².